The number of nitrogens with zero attached hydrogens (tertiary/aromatic N) is 4. The molecule has 1 saturated heterocycles. The fraction of sp³-hybridized carbons (Fsp3) is 0.375. The van der Waals surface area contributed by atoms with Gasteiger partial charge in [-0.3, -0.25) is 9.78 Å². The second-order valence-electron chi connectivity index (χ2n) is 7.05. The molecule has 0 bridgehead atoms. The summed E-state index contributed by atoms with van der Waals surface area (Å²) in [6.45, 7) is 6.23. The molecule has 0 aromatic carbocycles. The van der Waals surface area contributed by atoms with Gasteiger partial charge < -0.3 is 9.88 Å². The summed E-state index contributed by atoms with van der Waals surface area (Å²) < 4.78 is 1.56. The van der Waals surface area contributed by atoms with Gasteiger partial charge in [0, 0.05) is 19.3 Å². The summed E-state index contributed by atoms with van der Waals surface area (Å²) >= 11 is 6.23. The van der Waals surface area contributed by atoms with Crippen LogP contribution >= 0.6 is 11.6 Å². The predicted molar refractivity (Wildman–Crippen MR) is 95.3 cm³/mol. The molecule has 0 spiro atoms. The average molecular weight is 361 g/mol. The van der Waals surface area contributed by atoms with Gasteiger partial charge in [-0.05, 0) is 17.9 Å². The Balaban J connectivity index is 1.88. The standard InChI is InChI=1S/C16H17ClN6O2/c1-16(2)3-4-22(8-16)13-11-5-10(21-23(11)12(17)7-18-13)9-6-19-15(25)20-14(9)24/h5-7H,3-4,8H2,1-2H3,(H2,19,20,24,25). The summed E-state index contributed by atoms with van der Waals surface area (Å²) in [7, 11) is 0. The molecule has 4 rings (SSSR count). The number of aromatic nitrogens is 5. The largest absolute Gasteiger partial charge is 0.354 e. The molecule has 1 aliphatic rings. The fourth-order valence-corrected chi connectivity index (χ4v) is 3.38. The molecule has 9 heteroatoms. The minimum absolute atomic E-state index is 0.219. The van der Waals surface area contributed by atoms with Crippen molar-refractivity contribution in [2.45, 2.75) is 20.3 Å². The number of H-pyrrole nitrogens is 2. The number of rotatable bonds is 2. The molecule has 1 aliphatic heterocycles. The highest BCUT2D eigenvalue weighted by Gasteiger charge is 2.31. The summed E-state index contributed by atoms with van der Waals surface area (Å²) in [5.41, 5.74) is 0.583. The highest BCUT2D eigenvalue weighted by Crippen LogP contribution is 2.34. The van der Waals surface area contributed by atoms with E-state index in [-0.39, 0.29) is 11.0 Å². The van der Waals surface area contributed by atoms with Crippen molar-refractivity contribution in [2.75, 3.05) is 18.0 Å². The lowest BCUT2D eigenvalue weighted by Gasteiger charge is -2.21. The third kappa shape index (κ3) is 2.72. The highest BCUT2D eigenvalue weighted by molar-refractivity contribution is 6.29. The Kier molecular flexibility index (Phi) is 3.47. The second kappa shape index (κ2) is 5.45. The zero-order valence-electron chi connectivity index (χ0n) is 13.8. The van der Waals surface area contributed by atoms with Crippen molar-refractivity contribution in [1.82, 2.24) is 24.6 Å². The van der Waals surface area contributed by atoms with E-state index in [1.807, 2.05) is 0 Å². The Bertz CT molecular complexity index is 1080. The van der Waals surface area contributed by atoms with Crippen LogP contribution in [-0.4, -0.2) is 37.7 Å². The molecule has 2 N–H and O–H groups in total. The highest BCUT2D eigenvalue weighted by atomic mass is 35.5. The Morgan fingerprint density at radius 2 is 2.12 bits per heavy atom. The van der Waals surface area contributed by atoms with Crippen LogP contribution < -0.4 is 16.1 Å². The van der Waals surface area contributed by atoms with Gasteiger partial charge in [-0.2, -0.15) is 5.10 Å². The Labute approximate surface area is 147 Å². The van der Waals surface area contributed by atoms with Gasteiger partial charge >= 0.3 is 5.69 Å². The minimum atomic E-state index is -0.558. The minimum Gasteiger partial charge on any atom is -0.354 e. The molecule has 0 amide bonds. The summed E-state index contributed by atoms with van der Waals surface area (Å²) in [5, 5.41) is 4.77. The predicted octanol–water partition coefficient (Wildman–Crippen LogP) is 1.66. The van der Waals surface area contributed by atoms with E-state index in [1.165, 1.54) is 6.20 Å². The van der Waals surface area contributed by atoms with E-state index in [0.29, 0.717) is 10.8 Å². The van der Waals surface area contributed by atoms with Gasteiger partial charge in [0.1, 0.15) is 16.4 Å². The van der Waals surface area contributed by atoms with Gasteiger partial charge in [0.15, 0.2) is 5.82 Å². The average Bonchev–Trinajstić information content (AvgIpc) is 3.12. The molecule has 0 saturated carbocycles. The maximum atomic E-state index is 12.0. The van der Waals surface area contributed by atoms with Crippen molar-refractivity contribution >= 4 is 22.9 Å². The first-order valence-electron chi connectivity index (χ1n) is 7.96. The summed E-state index contributed by atoms with van der Waals surface area (Å²) in [6.07, 6.45) is 3.98. The number of halogens is 1. The number of hydrogen-bond acceptors (Lipinski definition) is 5. The molecular weight excluding hydrogens is 344 g/mol. The quantitative estimate of drug-likeness (QED) is 0.724. The number of aromatic amines is 2. The first-order valence-corrected chi connectivity index (χ1v) is 8.33. The molecule has 0 unspecified atom stereocenters. The first kappa shape index (κ1) is 15.9. The van der Waals surface area contributed by atoms with Crippen molar-refractivity contribution in [2.24, 2.45) is 5.41 Å². The Morgan fingerprint density at radius 1 is 1.32 bits per heavy atom. The van der Waals surface area contributed by atoms with Crippen LogP contribution in [-0.2, 0) is 0 Å². The number of fused-ring (bicyclic) bond motifs is 1. The van der Waals surface area contributed by atoms with Crippen LogP contribution in [0, 0.1) is 5.41 Å². The van der Waals surface area contributed by atoms with E-state index >= 15 is 0 Å². The van der Waals surface area contributed by atoms with Gasteiger partial charge in [-0.1, -0.05) is 25.4 Å². The number of nitrogens with one attached hydrogen (secondary N) is 2. The van der Waals surface area contributed by atoms with Crippen LogP contribution in [0.2, 0.25) is 5.15 Å². The molecule has 1 fully saturated rings. The van der Waals surface area contributed by atoms with Gasteiger partial charge in [0.2, 0.25) is 0 Å². The van der Waals surface area contributed by atoms with Crippen LogP contribution in [0.5, 0.6) is 0 Å². The SMILES string of the molecule is CC1(C)CCN(c2ncc(Cl)n3nc(-c4c[nH]c(=O)[nH]c4=O)cc23)C1. The fourth-order valence-electron chi connectivity index (χ4n) is 3.21. The van der Waals surface area contributed by atoms with E-state index < -0.39 is 11.2 Å². The smallest absolute Gasteiger partial charge is 0.325 e. The van der Waals surface area contributed by atoms with Gasteiger partial charge in [-0.25, -0.2) is 14.3 Å². The molecule has 0 radical (unpaired) electrons. The third-order valence-electron chi connectivity index (χ3n) is 4.51. The van der Waals surface area contributed by atoms with E-state index in [1.54, 1.807) is 16.8 Å². The molecule has 130 valence electrons. The molecule has 0 atom stereocenters. The second-order valence-corrected chi connectivity index (χ2v) is 7.44. The number of anilines is 1. The number of hydrogen-bond donors (Lipinski definition) is 2. The lowest BCUT2D eigenvalue weighted by molar-refractivity contribution is 0.418. The van der Waals surface area contributed by atoms with Crippen LogP contribution in [0.1, 0.15) is 20.3 Å². The summed E-state index contributed by atoms with van der Waals surface area (Å²) in [5.74, 6) is 0.787. The van der Waals surface area contributed by atoms with Gasteiger partial charge in [0.05, 0.1) is 11.8 Å². The maximum Gasteiger partial charge on any atom is 0.325 e. The van der Waals surface area contributed by atoms with Gasteiger partial charge in [0.25, 0.3) is 5.56 Å². The van der Waals surface area contributed by atoms with Crippen molar-refractivity contribution in [3.05, 3.63) is 44.5 Å². The van der Waals surface area contributed by atoms with E-state index in [9.17, 15) is 9.59 Å². The lowest BCUT2D eigenvalue weighted by atomic mass is 9.93. The van der Waals surface area contributed by atoms with Crippen molar-refractivity contribution in [3.8, 4) is 11.3 Å². The van der Waals surface area contributed by atoms with E-state index in [2.05, 4.69) is 38.8 Å². The van der Waals surface area contributed by atoms with Crippen molar-refractivity contribution in [1.29, 1.82) is 0 Å². The Hall–Kier alpha value is -2.61. The van der Waals surface area contributed by atoms with Gasteiger partial charge in [-0.15, -0.1) is 0 Å². The lowest BCUT2D eigenvalue weighted by Crippen LogP contribution is -2.24. The van der Waals surface area contributed by atoms with Crippen LogP contribution in [0.15, 0.2) is 28.0 Å². The van der Waals surface area contributed by atoms with Crippen LogP contribution in [0.3, 0.4) is 0 Å². The van der Waals surface area contributed by atoms with E-state index in [0.717, 1.165) is 30.8 Å². The summed E-state index contributed by atoms with van der Waals surface area (Å²) in [4.78, 5) is 34.6. The Morgan fingerprint density at radius 3 is 2.80 bits per heavy atom. The van der Waals surface area contributed by atoms with Crippen molar-refractivity contribution < 1.29 is 0 Å². The molecule has 8 nitrogen and oxygen atoms in total. The molecule has 25 heavy (non-hydrogen) atoms. The third-order valence-corrected chi connectivity index (χ3v) is 4.76. The normalized spacial score (nSPS) is 16.7. The maximum absolute atomic E-state index is 12.0. The monoisotopic (exact) mass is 360 g/mol. The molecule has 0 aliphatic carbocycles. The zero-order chi connectivity index (χ0) is 17.8. The first-order chi connectivity index (χ1) is 11.8. The molecule has 4 heterocycles. The molecular formula is C16H17ClN6O2. The van der Waals surface area contributed by atoms with Crippen LogP contribution in [0.4, 0.5) is 5.82 Å². The van der Waals surface area contributed by atoms with Crippen molar-refractivity contribution in [3.63, 3.8) is 0 Å². The molecule has 3 aromatic rings. The zero-order valence-corrected chi connectivity index (χ0v) is 14.6. The molecule has 3 aromatic heterocycles. The van der Waals surface area contributed by atoms with E-state index in [4.69, 9.17) is 11.6 Å². The topological polar surface area (TPSA) is 99.2 Å². The van der Waals surface area contributed by atoms with Crippen LogP contribution in [0.25, 0.3) is 16.8 Å². The summed E-state index contributed by atoms with van der Waals surface area (Å²) in [6, 6.07) is 1.77.